The number of aliphatic hydroxyl groups is 1. The van der Waals surface area contributed by atoms with Crippen LogP contribution in [-0.2, 0) is 6.61 Å². The molecule has 0 saturated heterocycles. The number of para-hydroxylation sites is 1. The van der Waals surface area contributed by atoms with E-state index in [0.717, 1.165) is 11.1 Å². The van der Waals surface area contributed by atoms with Crippen molar-refractivity contribution in [3.05, 3.63) is 53.7 Å². The Labute approximate surface area is 106 Å². The van der Waals surface area contributed by atoms with E-state index in [1.165, 1.54) is 0 Å². The number of aliphatic hydroxyl groups excluding tert-OH is 1. The fourth-order valence-electron chi connectivity index (χ4n) is 1.67. The molecule has 0 spiro atoms. The maximum Gasteiger partial charge on any atom is 0.223 e. The third-order valence-corrected chi connectivity index (χ3v) is 2.64. The summed E-state index contributed by atoms with van der Waals surface area (Å²) >= 11 is 0. The molecule has 0 fully saturated rings. The Morgan fingerprint density at radius 2 is 2.06 bits per heavy atom. The molecule has 0 aliphatic carbocycles. The summed E-state index contributed by atoms with van der Waals surface area (Å²) in [4.78, 5) is 4.19. The molecular formula is C14H16N2O2. The highest BCUT2D eigenvalue weighted by Gasteiger charge is 2.11. The molecular weight excluding hydrogens is 228 g/mol. The van der Waals surface area contributed by atoms with Gasteiger partial charge in [-0.1, -0.05) is 24.3 Å². The van der Waals surface area contributed by atoms with Crippen LogP contribution in [0.2, 0.25) is 0 Å². The Balaban J connectivity index is 2.34. The van der Waals surface area contributed by atoms with Gasteiger partial charge < -0.3 is 15.6 Å². The summed E-state index contributed by atoms with van der Waals surface area (Å²) in [5, 5.41) is 9.25. The summed E-state index contributed by atoms with van der Waals surface area (Å²) in [7, 11) is 0. The number of benzene rings is 1. The molecule has 0 amide bonds. The van der Waals surface area contributed by atoms with Crippen molar-refractivity contribution < 1.29 is 9.84 Å². The van der Waals surface area contributed by atoms with E-state index in [2.05, 4.69) is 4.98 Å². The van der Waals surface area contributed by atoms with E-state index in [-0.39, 0.29) is 12.6 Å². The highest BCUT2D eigenvalue weighted by Crippen LogP contribution is 2.28. The standard InChI is InChI=1S/C14H16N2O2/c1-10(15)12-6-4-8-16-14(12)18-13-7-3-2-5-11(13)9-17/h2-8,10,17H,9,15H2,1H3. The van der Waals surface area contributed by atoms with Crippen molar-refractivity contribution in [1.82, 2.24) is 4.98 Å². The number of nitrogens with zero attached hydrogens (tertiary/aromatic N) is 1. The van der Waals surface area contributed by atoms with E-state index in [0.29, 0.717) is 11.6 Å². The van der Waals surface area contributed by atoms with Crippen LogP contribution in [0.15, 0.2) is 42.6 Å². The molecule has 0 aliphatic heterocycles. The van der Waals surface area contributed by atoms with Crippen LogP contribution >= 0.6 is 0 Å². The molecule has 0 aliphatic rings. The van der Waals surface area contributed by atoms with Crippen molar-refractivity contribution in [3.8, 4) is 11.6 Å². The number of hydrogen-bond donors (Lipinski definition) is 2. The second-order valence-electron chi connectivity index (χ2n) is 4.05. The first-order valence-corrected chi connectivity index (χ1v) is 5.79. The van der Waals surface area contributed by atoms with Crippen LogP contribution in [0.5, 0.6) is 11.6 Å². The van der Waals surface area contributed by atoms with Gasteiger partial charge in [0.05, 0.1) is 6.61 Å². The molecule has 2 aromatic rings. The van der Waals surface area contributed by atoms with Crippen molar-refractivity contribution >= 4 is 0 Å². The van der Waals surface area contributed by atoms with Crippen LogP contribution < -0.4 is 10.5 Å². The molecule has 3 N–H and O–H groups in total. The fourth-order valence-corrected chi connectivity index (χ4v) is 1.67. The molecule has 94 valence electrons. The van der Waals surface area contributed by atoms with Gasteiger partial charge in [0.1, 0.15) is 5.75 Å². The monoisotopic (exact) mass is 244 g/mol. The minimum Gasteiger partial charge on any atom is -0.438 e. The molecule has 0 radical (unpaired) electrons. The van der Waals surface area contributed by atoms with Crippen LogP contribution in [0.25, 0.3) is 0 Å². The van der Waals surface area contributed by atoms with E-state index in [1.54, 1.807) is 12.3 Å². The summed E-state index contributed by atoms with van der Waals surface area (Å²) in [5.41, 5.74) is 7.43. The first kappa shape index (κ1) is 12.5. The number of rotatable bonds is 4. The van der Waals surface area contributed by atoms with Gasteiger partial charge in [-0.3, -0.25) is 0 Å². The third-order valence-electron chi connectivity index (χ3n) is 2.64. The molecule has 0 bridgehead atoms. The van der Waals surface area contributed by atoms with Crippen LogP contribution in [0, 0.1) is 0 Å². The lowest BCUT2D eigenvalue weighted by molar-refractivity contribution is 0.276. The largest absolute Gasteiger partial charge is 0.438 e. The Kier molecular flexibility index (Phi) is 3.92. The molecule has 1 atom stereocenters. The molecule has 1 aromatic carbocycles. The summed E-state index contributed by atoms with van der Waals surface area (Å²) in [6, 6.07) is 10.9. The second kappa shape index (κ2) is 5.62. The number of ether oxygens (including phenoxy) is 1. The van der Waals surface area contributed by atoms with Gasteiger partial charge in [-0.25, -0.2) is 4.98 Å². The molecule has 18 heavy (non-hydrogen) atoms. The quantitative estimate of drug-likeness (QED) is 0.866. The molecule has 4 heteroatoms. The van der Waals surface area contributed by atoms with Crippen molar-refractivity contribution in [2.24, 2.45) is 5.73 Å². The molecule has 4 nitrogen and oxygen atoms in total. The lowest BCUT2D eigenvalue weighted by Crippen LogP contribution is -2.07. The average Bonchev–Trinajstić information content (AvgIpc) is 2.40. The summed E-state index contributed by atoms with van der Waals surface area (Å²) in [6.07, 6.45) is 1.66. The van der Waals surface area contributed by atoms with E-state index in [4.69, 9.17) is 10.5 Å². The third kappa shape index (κ3) is 2.67. The van der Waals surface area contributed by atoms with Gasteiger partial charge in [-0.15, -0.1) is 0 Å². The van der Waals surface area contributed by atoms with Crippen molar-refractivity contribution in [2.75, 3.05) is 0 Å². The van der Waals surface area contributed by atoms with Gasteiger partial charge in [-0.05, 0) is 19.1 Å². The SMILES string of the molecule is CC(N)c1cccnc1Oc1ccccc1CO. The van der Waals surface area contributed by atoms with Gasteiger partial charge in [0.15, 0.2) is 0 Å². The molecule has 1 heterocycles. The number of aromatic nitrogens is 1. The van der Waals surface area contributed by atoms with Crippen LogP contribution in [0.4, 0.5) is 0 Å². The zero-order valence-corrected chi connectivity index (χ0v) is 10.2. The Morgan fingerprint density at radius 3 is 2.78 bits per heavy atom. The van der Waals surface area contributed by atoms with E-state index >= 15 is 0 Å². The Morgan fingerprint density at radius 1 is 1.28 bits per heavy atom. The minimum absolute atomic E-state index is 0.0729. The van der Waals surface area contributed by atoms with Crippen LogP contribution in [-0.4, -0.2) is 10.1 Å². The van der Waals surface area contributed by atoms with Crippen molar-refractivity contribution in [1.29, 1.82) is 0 Å². The predicted octanol–water partition coefficient (Wildman–Crippen LogP) is 2.39. The normalized spacial score (nSPS) is 12.2. The number of nitrogens with two attached hydrogens (primary N) is 1. The van der Waals surface area contributed by atoms with Crippen LogP contribution in [0.1, 0.15) is 24.1 Å². The second-order valence-corrected chi connectivity index (χ2v) is 4.05. The first-order valence-electron chi connectivity index (χ1n) is 5.79. The fraction of sp³-hybridized carbons (Fsp3) is 0.214. The predicted molar refractivity (Wildman–Crippen MR) is 69.3 cm³/mol. The first-order chi connectivity index (χ1) is 8.72. The van der Waals surface area contributed by atoms with Gasteiger partial charge >= 0.3 is 0 Å². The minimum atomic E-state index is -0.157. The van der Waals surface area contributed by atoms with Crippen molar-refractivity contribution in [2.45, 2.75) is 19.6 Å². The van der Waals surface area contributed by atoms with Crippen molar-refractivity contribution in [3.63, 3.8) is 0 Å². The van der Waals surface area contributed by atoms with E-state index in [1.807, 2.05) is 37.3 Å². The zero-order valence-electron chi connectivity index (χ0n) is 10.2. The molecule has 2 rings (SSSR count). The molecule has 1 aromatic heterocycles. The molecule has 0 saturated carbocycles. The zero-order chi connectivity index (χ0) is 13.0. The lowest BCUT2D eigenvalue weighted by Gasteiger charge is -2.13. The highest BCUT2D eigenvalue weighted by atomic mass is 16.5. The maximum absolute atomic E-state index is 9.25. The van der Waals surface area contributed by atoms with Gasteiger partial charge in [0.25, 0.3) is 0 Å². The summed E-state index contributed by atoms with van der Waals surface area (Å²) in [5.74, 6) is 1.08. The van der Waals surface area contributed by atoms with E-state index < -0.39 is 0 Å². The maximum atomic E-state index is 9.25. The Bertz CT molecular complexity index is 527. The Hall–Kier alpha value is -1.91. The molecule has 1 unspecified atom stereocenters. The van der Waals surface area contributed by atoms with Gasteiger partial charge in [0, 0.05) is 23.4 Å². The number of pyridine rings is 1. The smallest absolute Gasteiger partial charge is 0.223 e. The van der Waals surface area contributed by atoms with E-state index in [9.17, 15) is 5.11 Å². The number of hydrogen-bond acceptors (Lipinski definition) is 4. The van der Waals surface area contributed by atoms with Gasteiger partial charge in [0.2, 0.25) is 5.88 Å². The van der Waals surface area contributed by atoms with Gasteiger partial charge in [-0.2, -0.15) is 0 Å². The van der Waals surface area contributed by atoms with Crippen LogP contribution in [0.3, 0.4) is 0 Å². The lowest BCUT2D eigenvalue weighted by atomic mass is 10.1. The highest BCUT2D eigenvalue weighted by molar-refractivity contribution is 5.38. The topological polar surface area (TPSA) is 68.4 Å². The summed E-state index contributed by atoms with van der Waals surface area (Å²) < 4.78 is 5.74. The average molecular weight is 244 g/mol. The summed E-state index contributed by atoms with van der Waals surface area (Å²) in [6.45, 7) is 1.80.